The highest BCUT2D eigenvalue weighted by Gasteiger charge is 2.58. The van der Waals surface area contributed by atoms with Crippen LogP contribution >= 0.6 is 0 Å². The lowest BCUT2D eigenvalue weighted by atomic mass is 9.86. The highest BCUT2D eigenvalue weighted by atomic mass is 29.3. The van der Waals surface area contributed by atoms with Gasteiger partial charge in [0.2, 0.25) is 0 Å². The number of rotatable bonds is 2. The van der Waals surface area contributed by atoms with Gasteiger partial charge in [0.1, 0.15) is 0 Å². The summed E-state index contributed by atoms with van der Waals surface area (Å²) in [6.45, 7) is 10.7. The summed E-state index contributed by atoms with van der Waals surface area (Å²) in [6, 6.07) is 24.3. The van der Waals surface area contributed by atoms with Crippen LogP contribution in [0.1, 0.15) is 24.0 Å². The third-order valence-corrected chi connectivity index (χ3v) is 26.8. The largest absolute Gasteiger partial charge is 0.0712 e. The average Bonchev–Trinajstić information content (AvgIpc) is 2.52. The Morgan fingerprint density at radius 3 is 1.64 bits per heavy atom. The predicted molar refractivity (Wildman–Crippen MR) is 103 cm³/mol. The van der Waals surface area contributed by atoms with Gasteiger partial charge in [-0.05, 0) is 17.5 Å². The molecule has 2 aromatic carbocycles. The van der Waals surface area contributed by atoms with E-state index in [1.54, 1.807) is 11.1 Å². The topological polar surface area (TPSA) is 0 Å². The van der Waals surface area contributed by atoms with Crippen molar-refractivity contribution in [1.29, 1.82) is 0 Å². The molecule has 1 saturated heterocycles. The van der Waals surface area contributed by atoms with Crippen LogP contribution in [0.5, 0.6) is 0 Å². The smallest absolute Gasteiger partial charge is 0.0584 e. The molecule has 0 amide bonds. The van der Waals surface area contributed by atoms with Crippen LogP contribution in [0.25, 0.3) is 0 Å². The van der Waals surface area contributed by atoms with E-state index in [-0.39, 0.29) is 0 Å². The fourth-order valence-electron chi connectivity index (χ4n) is 4.62. The molecule has 0 aliphatic carbocycles. The van der Waals surface area contributed by atoms with Crippen LogP contribution in [0.4, 0.5) is 0 Å². The Bertz CT molecular complexity index is 590. The van der Waals surface area contributed by atoms with Crippen molar-refractivity contribution < 1.29 is 0 Å². The zero-order chi connectivity index (χ0) is 15.8. The first-order valence-corrected chi connectivity index (χ1v) is 15.7. The van der Waals surface area contributed by atoms with Crippen molar-refractivity contribution in [1.82, 2.24) is 0 Å². The van der Waals surface area contributed by atoms with Crippen LogP contribution in [0.2, 0.25) is 32.2 Å². The SMILES string of the molecule is C[Si]1(C)CCCC(c2ccccc2)(c2ccccc2)[Si]1(C)C. The fraction of sp³-hybridized carbons (Fsp3) is 0.400. The van der Waals surface area contributed by atoms with Gasteiger partial charge < -0.3 is 0 Å². The number of hydrogen-bond acceptors (Lipinski definition) is 0. The lowest BCUT2D eigenvalue weighted by Crippen LogP contribution is -2.70. The summed E-state index contributed by atoms with van der Waals surface area (Å²) in [6.07, 6.45) is 2.72. The van der Waals surface area contributed by atoms with Crippen LogP contribution in [0.15, 0.2) is 60.7 Å². The van der Waals surface area contributed by atoms with E-state index in [9.17, 15) is 0 Å². The summed E-state index contributed by atoms with van der Waals surface area (Å²) in [5.74, 6) is 0. The molecule has 0 spiro atoms. The number of benzene rings is 2. The molecule has 0 N–H and O–H groups in total. The fourth-order valence-corrected chi connectivity index (χ4v) is 17.2. The molecule has 1 aliphatic heterocycles. The normalized spacial score (nSPS) is 22.2. The Kier molecular flexibility index (Phi) is 3.94. The van der Waals surface area contributed by atoms with Crippen LogP contribution < -0.4 is 0 Å². The standard InChI is InChI=1S/C20H28Si2/c1-21(2)17-11-16-20(22(21,3)4,18-12-7-5-8-13-18)19-14-9-6-10-15-19/h5-10,12-15H,11,16-17H2,1-4H3. The summed E-state index contributed by atoms with van der Waals surface area (Å²) >= 11 is 0. The van der Waals surface area contributed by atoms with E-state index in [1.165, 1.54) is 18.9 Å². The van der Waals surface area contributed by atoms with E-state index in [0.29, 0.717) is 5.04 Å². The minimum absolute atomic E-state index is 0.295. The number of hydrogen-bond donors (Lipinski definition) is 0. The second-order valence-corrected chi connectivity index (χ2v) is 24.2. The summed E-state index contributed by atoms with van der Waals surface area (Å²) in [5.41, 5.74) is 3.14. The van der Waals surface area contributed by atoms with E-state index >= 15 is 0 Å². The quantitative estimate of drug-likeness (QED) is 0.612. The Labute approximate surface area is 137 Å². The van der Waals surface area contributed by atoms with Gasteiger partial charge in [0.15, 0.2) is 0 Å². The second-order valence-electron chi connectivity index (χ2n) is 8.00. The molecular weight excluding hydrogens is 296 g/mol. The molecule has 22 heavy (non-hydrogen) atoms. The van der Waals surface area contributed by atoms with Crippen LogP contribution in [-0.2, 0) is 5.04 Å². The molecule has 0 saturated carbocycles. The van der Waals surface area contributed by atoms with Gasteiger partial charge in [0, 0.05) is 12.6 Å². The van der Waals surface area contributed by atoms with Crippen molar-refractivity contribution in [2.45, 2.75) is 50.1 Å². The first-order chi connectivity index (χ1) is 10.4. The first kappa shape index (κ1) is 15.8. The van der Waals surface area contributed by atoms with Gasteiger partial charge in [-0.25, -0.2) is 0 Å². The van der Waals surface area contributed by atoms with Gasteiger partial charge in [-0.15, -0.1) is 0 Å². The molecule has 1 fully saturated rings. The molecule has 2 heteroatoms. The summed E-state index contributed by atoms with van der Waals surface area (Å²) in [4.78, 5) is 0. The van der Waals surface area contributed by atoms with E-state index in [0.717, 1.165) is 0 Å². The molecule has 1 aliphatic rings. The lowest BCUT2D eigenvalue weighted by Gasteiger charge is -2.57. The molecule has 0 bridgehead atoms. The summed E-state index contributed by atoms with van der Waals surface area (Å²) in [5, 5.41) is 0.295. The van der Waals surface area contributed by atoms with E-state index in [1.807, 2.05) is 0 Å². The van der Waals surface area contributed by atoms with Crippen molar-refractivity contribution in [3.63, 3.8) is 0 Å². The minimum atomic E-state index is -1.44. The molecule has 3 rings (SSSR count). The first-order valence-electron chi connectivity index (χ1n) is 8.53. The maximum atomic E-state index is 2.68. The van der Waals surface area contributed by atoms with E-state index < -0.39 is 15.2 Å². The molecule has 0 radical (unpaired) electrons. The molecule has 0 atom stereocenters. The van der Waals surface area contributed by atoms with Crippen molar-refractivity contribution in [3.05, 3.63) is 71.8 Å². The Hall–Kier alpha value is -1.13. The van der Waals surface area contributed by atoms with Crippen molar-refractivity contribution in [2.24, 2.45) is 0 Å². The van der Waals surface area contributed by atoms with Gasteiger partial charge >= 0.3 is 0 Å². The van der Waals surface area contributed by atoms with Gasteiger partial charge in [-0.3, -0.25) is 0 Å². The lowest BCUT2D eigenvalue weighted by molar-refractivity contribution is 0.594. The Morgan fingerprint density at radius 1 is 0.727 bits per heavy atom. The molecule has 116 valence electrons. The van der Waals surface area contributed by atoms with Crippen LogP contribution in [0.3, 0.4) is 0 Å². The minimum Gasteiger partial charge on any atom is -0.0712 e. The second kappa shape index (κ2) is 5.50. The predicted octanol–water partition coefficient (Wildman–Crippen LogP) is 5.80. The van der Waals surface area contributed by atoms with Crippen molar-refractivity contribution in [3.8, 4) is 0 Å². The molecule has 0 aromatic heterocycles. The third-order valence-electron chi connectivity index (χ3n) is 6.65. The maximum absolute atomic E-state index is 2.68. The monoisotopic (exact) mass is 324 g/mol. The van der Waals surface area contributed by atoms with Gasteiger partial charge in [0.05, 0.1) is 7.59 Å². The van der Waals surface area contributed by atoms with Crippen molar-refractivity contribution in [2.75, 3.05) is 0 Å². The van der Waals surface area contributed by atoms with Gasteiger partial charge in [-0.2, -0.15) is 0 Å². The molecule has 0 nitrogen and oxygen atoms in total. The molecule has 0 unspecified atom stereocenters. The summed E-state index contributed by atoms with van der Waals surface area (Å²) < 4.78 is 0. The Morgan fingerprint density at radius 2 is 1.18 bits per heavy atom. The molecule has 2 aromatic rings. The zero-order valence-corrected chi connectivity index (χ0v) is 16.4. The highest BCUT2D eigenvalue weighted by molar-refractivity contribution is 7.42. The van der Waals surface area contributed by atoms with Gasteiger partial charge in [-0.1, -0.05) is 99.3 Å². The van der Waals surface area contributed by atoms with Crippen molar-refractivity contribution >= 4 is 15.2 Å². The van der Waals surface area contributed by atoms with Gasteiger partial charge in [0.25, 0.3) is 0 Å². The maximum Gasteiger partial charge on any atom is 0.0584 e. The third kappa shape index (κ3) is 2.16. The van der Waals surface area contributed by atoms with E-state index in [4.69, 9.17) is 0 Å². The molecule has 1 heterocycles. The van der Waals surface area contributed by atoms with Crippen LogP contribution in [0, 0.1) is 0 Å². The van der Waals surface area contributed by atoms with E-state index in [2.05, 4.69) is 86.9 Å². The molecular formula is C20H28Si2. The zero-order valence-electron chi connectivity index (χ0n) is 14.4. The van der Waals surface area contributed by atoms with Crippen LogP contribution in [-0.4, -0.2) is 15.2 Å². The average molecular weight is 325 g/mol. The Balaban J connectivity index is 2.29. The highest BCUT2D eigenvalue weighted by Crippen LogP contribution is 2.52. The summed E-state index contributed by atoms with van der Waals surface area (Å²) in [7, 11) is -2.62.